The highest BCUT2D eigenvalue weighted by Gasteiger charge is 2.11. The number of nitrogens with one attached hydrogen (secondary N) is 1. The number of aryl methyl sites for hydroxylation is 3. The van der Waals surface area contributed by atoms with Crippen LogP contribution in [-0.2, 0) is 22.7 Å². The molecule has 2 N–H and O–H groups in total. The summed E-state index contributed by atoms with van der Waals surface area (Å²) in [5.41, 5.74) is 11.6. The van der Waals surface area contributed by atoms with Crippen molar-refractivity contribution >= 4 is 0 Å². The van der Waals surface area contributed by atoms with Crippen LogP contribution in [0.25, 0.3) is 22.3 Å². The quantitative estimate of drug-likeness (QED) is 0.181. The van der Waals surface area contributed by atoms with E-state index in [0.29, 0.717) is 18.7 Å². The Hall–Kier alpha value is -3.12. The number of aliphatic hydroxyl groups is 1. The zero-order chi connectivity index (χ0) is 24.3. The molecule has 0 amide bonds. The zero-order valence-corrected chi connectivity index (χ0v) is 20.4. The molecule has 0 aliphatic heterocycles. The fourth-order valence-electron chi connectivity index (χ4n) is 3.75. The molecule has 0 atom stereocenters. The number of hydrogen-bond acceptors (Lipinski definition) is 5. The van der Waals surface area contributed by atoms with Crippen molar-refractivity contribution in [3.63, 3.8) is 0 Å². The molecular weight excluding hydrogens is 426 g/mol. The largest absolute Gasteiger partial charge is 0.491 e. The third-order valence-electron chi connectivity index (χ3n) is 5.55. The van der Waals surface area contributed by atoms with Crippen molar-refractivity contribution in [3.8, 4) is 28.0 Å². The van der Waals surface area contributed by atoms with Crippen LogP contribution in [0.4, 0.5) is 0 Å². The van der Waals surface area contributed by atoms with Gasteiger partial charge in [-0.05, 0) is 72.6 Å². The Morgan fingerprint density at radius 1 is 0.912 bits per heavy atom. The summed E-state index contributed by atoms with van der Waals surface area (Å²) in [6.07, 6.45) is 2.36. The molecule has 180 valence electrons. The Bertz CT molecular complexity index is 1080. The van der Waals surface area contributed by atoms with E-state index in [1.807, 2.05) is 0 Å². The van der Waals surface area contributed by atoms with Crippen molar-refractivity contribution in [2.24, 2.45) is 0 Å². The van der Waals surface area contributed by atoms with Crippen molar-refractivity contribution < 1.29 is 19.7 Å². The lowest BCUT2D eigenvalue weighted by Crippen LogP contribution is -2.15. The van der Waals surface area contributed by atoms with Gasteiger partial charge in [0.15, 0.2) is 0 Å². The third-order valence-corrected chi connectivity index (χ3v) is 5.55. The van der Waals surface area contributed by atoms with Gasteiger partial charge in [0.25, 0.3) is 0 Å². The summed E-state index contributed by atoms with van der Waals surface area (Å²) in [7, 11) is 0. The molecule has 0 aliphatic carbocycles. The van der Waals surface area contributed by atoms with Crippen molar-refractivity contribution in [2.75, 3.05) is 19.8 Å². The number of hydroxylamine groups is 1. The van der Waals surface area contributed by atoms with Gasteiger partial charge in [-0.3, -0.25) is 0 Å². The third kappa shape index (κ3) is 7.19. The first-order chi connectivity index (χ1) is 16.5. The van der Waals surface area contributed by atoms with Gasteiger partial charge in [-0.1, -0.05) is 73.7 Å². The predicted octanol–water partition coefficient (Wildman–Crippen LogP) is 6.18. The molecule has 3 aromatic rings. The normalized spacial score (nSPS) is 10.8. The standard InChI is InChI=1S/C29H35NO4/c1-5-23-19-26(24-10-8-22(4)9-11-24)14-15-28(23)27-13-12-25(7-6-16-31)29(20-27)32-17-18-33-34-30-21(2)3/h8-15,19-20,30-31H,2,5-7,16-18H2,1,3-4H3. The molecule has 0 aliphatic rings. The lowest BCUT2D eigenvalue weighted by molar-refractivity contribution is -0.331. The van der Waals surface area contributed by atoms with Gasteiger partial charge in [0.1, 0.15) is 19.0 Å². The van der Waals surface area contributed by atoms with Gasteiger partial charge < -0.3 is 9.84 Å². The highest BCUT2D eigenvalue weighted by atomic mass is 17.3. The molecule has 0 fully saturated rings. The van der Waals surface area contributed by atoms with Crippen molar-refractivity contribution in [1.29, 1.82) is 0 Å². The second-order valence-corrected chi connectivity index (χ2v) is 8.38. The van der Waals surface area contributed by atoms with Crippen LogP contribution in [0.1, 0.15) is 37.0 Å². The number of hydrogen-bond donors (Lipinski definition) is 2. The SMILES string of the molecule is C=C(C)NOOCCOc1cc(-c2ccc(-c3ccc(C)cc3)cc2CC)ccc1CCCO. The summed E-state index contributed by atoms with van der Waals surface area (Å²) in [6, 6.07) is 21.6. The zero-order valence-electron chi connectivity index (χ0n) is 20.4. The van der Waals surface area contributed by atoms with Gasteiger partial charge >= 0.3 is 0 Å². The molecule has 0 saturated carbocycles. The molecule has 0 unspecified atom stereocenters. The lowest BCUT2D eigenvalue weighted by Gasteiger charge is -2.16. The maximum Gasteiger partial charge on any atom is 0.123 e. The van der Waals surface area contributed by atoms with E-state index in [2.05, 4.69) is 86.6 Å². The van der Waals surface area contributed by atoms with Crippen LogP contribution in [0.15, 0.2) is 72.9 Å². The highest BCUT2D eigenvalue weighted by molar-refractivity contribution is 5.75. The molecule has 0 radical (unpaired) electrons. The van der Waals surface area contributed by atoms with Crippen molar-refractivity contribution in [1.82, 2.24) is 5.48 Å². The summed E-state index contributed by atoms with van der Waals surface area (Å²) >= 11 is 0. The van der Waals surface area contributed by atoms with Gasteiger partial charge in [0.05, 0.1) is 0 Å². The van der Waals surface area contributed by atoms with Gasteiger partial charge in [-0.25, -0.2) is 10.4 Å². The minimum atomic E-state index is 0.144. The Morgan fingerprint density at radius 3 is 2.35 bits per heavy atom. The highest BCUT2D eigenvalue weighted by Crippen LogP contribution is 2.33. The fourth-order valence-corrected chi connectivity index (χ4v) is 3.75. The summed E-state index contributed by atoms with van der Waals surface area (Å²) in [4.78, 5) is 9.91. The second-order valence-electron chi connectivity index (χ2n) is 8.38. The average Bonchev–Trinajstić information content (AvgIpc) is 2.85. The minimum Gasteiger partial charge on any atom is -0.491 e. The Labute approximate surface area is 202 Å². The van der Waals surface area contributed by atoms with E-state index < -0.39 is 0 Å². The topological polar surface area (TPSA) is 60.0 Å². The van der Waals surface area contributed by atoms with Gasteiger partial charge in [-0.15, -0.1) is 4.99 Å². The number of rotatable bonds is 13. The molecule has 0 bridgehead atoms. The van der Waals surface area contributed by atoms with E-state index in [0.717, 1.165) is 29.7 Å². The van der Waals surface area contributed by atoms with E-state index in [1.165, 1.54) is 27.8 Å². The van der Waals surface area contributed by atoms with Crippen molar-refractivity contribution in [2.45, 2.75) is 40.0 Å². The van der Waals surface area contributed by atoms with Gasteiger partial charge in [0, 0.05) is 12.3 Å². The van der Waals surface area contributed by atoms with E-state index in [9.17, 15) is 5.11 Å². The van der Waals surface area contributed by atoms with Crippen LogP contribution in [0, 0.1) is 6.92 Å². The Morgan fingerprint density at radius 2 is 1.65 bits per heavy atom. The summed E-state index contributed by atoms with van der Waals surface area (Å²) in [5, 5.41) is 9.28. The van der Waals surface area contributed by atoms with Crippen molar-refractivity contribution in [3.05, 3.63) is 89.6 Å². The van der Waals surface area contributed by atoms with Crippen LogP contribution in [0.2, 0.25) is 0 Å². The predicted molar refractivity (Wildman–Crippen MR) is 137 cm³/mol. The van der Waals surface area contributed by atoms with Crippen LogP contribution in [0.5, 0.6) is 5.75 Å². The van der Waals surface area contributed by atoms with E-state index in [1.54, 1.807) is 6.92 Å². The van der Waals surface area contributed by atoms with Gasteiger partial charge in [-0.2, -0.15) is 0 Å². The molecule has 0 aromatic heterocycles. The van der Waals surface area contributed by atoms with Crippen LogP contribution < -0.4 is 10.2 Å². The smallest absolute Gasteiger partial charge is 0.123 e. The summed E-state index contributed by atoms with van der Waals surface area (Å²) < 4.78 is 6.04. The molecule has 34 heavy (non-hydrogen) atoms. The van der Waals surface area contributed by atoms with E-state index >= 15 is 0 Å². The van der Waals surface area contributed by atoms with E-state index in [4.69, 9.17) is 14.6 Å². The fraction of sp³-hybridized carbons (Fsp3) is 0.310. The van der Waals surface area contributed by atoms with Crippen LogP contribution >= 0.6 is 0 Å². The Balaban J connectivity index is 1.81. The van der Waals surface area contributed by atoms with E-state index in [-0.39, 0.29) is 13.2 Å². The molecule has 0 heterocycles. The first kappa shape index (κ1) is 25.5. The first-order valence-corrected chi connectivity index (χ1v) is 11.8. The molecule has 5 nitrogen and oxygen atoms in total. The maximum absolute atomic E-state index is 9.28. The Kier molecular flexibility index (Phi) is 9.71. The first-order valence-electron chi connectivity index (χ1n) is 11.8. The molecule has 3 rings (SSSR count). The van der Waals surface area contributed by atoms with Crippen LogP contribution in [0.3, 0.4) is 0 Å². The molecule has 3 aromatic carbocycles. The second kappa shape index (κ2) is 12.9. The van der Waals surface area contributed by atoms with Gasteiger partial charge in [0.2, 0.25) is 0 Å². The summed E-state index contributed by atoms with van der Waals surface area (Å²) in [6.45, 7) is 10.5. The monoisotopic (exact) mass is 461 g/mol. The number of allylic oxidation sites excluding steroid dienone is 1. The molecule has 0 saturated heterocycles. The molecular formula is C29H35NO4. The number of ether oxygens (including phenoxy) is 1. The van der Waals surface area contributed by atoms with Crippen LogP contribution in [-0.4, -0.2) is 24.9 Å². The number of benzene rings is 3. The average molecular weight is 462 g/mol. The molecule has 0 spiro atoms. The maximum atomic E-state index is 9.28. The number of aliphatic hydroxyl groups excluding tert-OH is 1. The summed E-state index contributed by atoms with van der Waals surface area (Å²) in [5.74, 6) is 0.798. The molecule has 5 heteroatoms. The minimum absolute atomic E-state index is 0.144. The lowest BCUT2D eigenvalue weighted by atomic mass is 9.92.